The SMILES string of the molecule is CC(C)(C)OC(=O)Nc1ncccc1-c1ncc[nH]1. The minimum Gasteiger partial charge on any atom is -0.444 e. The van der Waals surface area contributed by atoms with Crippen LogP contribution in [0.15, 0.2) is 30.7 Å². The quantitative estimate of drug-likeness (QED) is 0.870. The molecule has 0 unspecified atom stereocenters. The van der Waals surface area contributed by atoms with Gasteiger partial charge in [-0.15, -0.1) is 0 Å². The van der Waals surface area contributed by atoms with E-state index in [1.54, 1.807) is 45.4 Å². The van der Waals surface area contributed by atoms with E-state index in [0.717, 1.165) is 0 Å². The highest BCUT2D eigenvalue weighted by Crippen LogP contribution is 2.22. The maximum atomic E-state index is 11.7. The number of nitrogens with zero attached hydrogens (tertiary/aromatic N) is 2. The number of carbonyl (C=O) groups is 1. The van der Waals surface area contributed by atoms with Crippen molar-refractivity contribution in [3.8, 4) is 11.4 Å². The second-order valence-corrected chi connectivity index (χ2v) is 4.96. The van der Waals surface area contributed by atoms with Crippen molar-refractivity contribution in [3.05, 3.63) is 30.7 Å². The van der Waals surface area contributed by atoms with Crippen LogP contribution in [-0.2, 0) is 4.74 Å². The summed E-state index contributed by atoms with van der Waals surface area (Å²) in [6.07, 6.45) is 4.40. The van der Waals surface area contributed by atoms with Gasteiger partial charge in [0.2, 0.25) is 0 Å². The van der Waals surface area contributed by atoms with E-state index in [9.17, 15) is 4.79 Å². The molecule has 2 aromatic heterocycles. The van der Waals surface area contributed by atoms with Crippen molar-refractivity contribution >= 4 is 11.9 Å². The first-order valence-corrected chi connectivity index (χ1v) is 5.90. The number of anilines is 1. The third-order valence-electron chi connectivity index (χ3n) is 2.18. The Labute approximate surface area is 111 Å². The fourth-order valence-corrected chi connectivity index (χ4v) is 1.51. The van der Waals surface area contributed by atoms with Crippen molar-refractivity contribution in [2.75, 3.05) is 5.32 Å². The zero-order valence-electron chi connectivity index (χ0n) is 11.1. The number of hydrogen-bond acceptors (Lipinski definition) is 4. The molecule has 0 saturated carbocycles. The highest BCUT2D eigenvalue weighted by molar-refractivity contribution is 5.88. The van der Waals surface area contributed by atoms with Gasteiger partial charge in [-0.1, -0.05) is 0 Å². The molecule has 0 fully saturated rings. The van der Waals surface area contributed by atoms with Crippen LogP contribution in [0, 0.1) is 0 Å². The molecule has 0 aliphatic heterocycles. The van der Waals surface area contributed by atoms with E-state index in [0.29, 0.717) is 17.2 Å². The van der Waals surface area contributed by atoms with E-state index in [1.165, 1.54) is 0 Å². The van der Waals surface area contributed by atoms with Gasteiger partial charge in [-0.05, 0) is 32.9 Å². The molecule has 2 N–H and O–H groups in total. The summed E-state index contributed by atoms with van der Waals surface area (Å²) >= 11 is 0. The number of amides is 1. The van der Waals surface area contributed by atoms with Gasteiger partial charge in [0.05, 0.1) is 5.56 Å². The first kappa shape index (κ1) is 13.1. The van der Waals surface area contributed by atoms with Crippen molar-refractivity contribution in [1.29, 1.82) is 0 Å². The third kappa shape index (κ3) is 3.54. The maximum absolute atomic E-state index is 11.7. The molecule has 0 bridgehead atoms. The lowest BCUT2D eigenvalue weighted by atomic mass is 10.2. The minimum absolute atomic E-state index is 0.409. The van der Waals surface area contributed by atoms with E-state index in [-0.39, 0.29) is 0 Å². The predicted octanol–water partition coefficient (Wildman–Crippen LogP) is 2.82. The molecule has 0 aliphatic rings. The number of carbonyl (C=O) groups excluding carboxylic acids is 1. The summed E-state index contributed by atoms with van der Waals surface area (Å²) in [5.74, 6) is 1.05. The molecular weight excluding hydrogens is 244 g/mol. The van der Waals surface area contributed by atoms with E-state index in [1.807, 2.05) is 6.07 Å². The average Bonchev–Trinajstić information content (AvgIpc) is 2.80. The summed E-state index contributed by atoms with van der Waals surface area (Å²) in [6.45, 7) is 5.41. The molecule has 6 nitrogen and oxygen atoms in total. The van der Waals surface area contributed by atoms with Crippen LogP contribution in [0.2, 0.25) is 0 Å². The molecule has 2 heterocycles. The van der Waals surface area contributed by atoms with Gasteiger partial charge in [-0.25, -0.2) is 14.8 Å². The fourth-order valence-electron chi connectivity index (χ4n) is 1.51. The summed E-state index contributed by atoms with van der Waals surface area (Å²) in [5.41, 5.74) is 0.155. The Hall–Kier alpha value is -2.37. The van der Waals surface area contributed by atoms with Gasteiger partial charge in [0, 0.05) is 18.6 Å². The van der Waals surface area contributed by atoms with Crippen LogP contribution in [0.3, 0.4) is 0 Å². The lowest BCUT2D eigenvalue weighted by Crippen LogP contribution is -2.27. The molecule has 2 aromatic rings. The maximum Gasteiger partial charge on any atom is 0.413 e. The Morgan fingerprint density at radius 2 is 2.11 bits per heavy atom. The number of nitrogens with one attached hydrogen (secondary N) is 2. The van der Waals surface area contributed by atoms with E-state index >= 15 is 0 Å². The third-order valence-corrected chi connectivity index (χ3v) is 2.18. The van der Waals surface area contributed by atoms with Crippen molar-refractivity contribution in [2.24, 2.45) is 0 Å². The van der Waals surface area contributed by atoms with Crippen LogP contribution in [0.4, 0.5) is 10.6 Å². The second-order valence-electron chi connectivity index (χ2n) is 4.96. The van der Waals surface area contributed by atoms with Gasteiger partial charge in [-0.3, -0.25) is 5.32 Å². The molecule has 6 heteroatoms. The Balaban J connectivity index is 2.20. The van der Waals surface area contributed by atoms with Gasteiger partial charge in [0.1, 0.15) is 17.2 Å². The minimum atomic E-state index is -0.552. The van der Waals surface area contributed by atoms with Crippen LogP contribution < -0.4 is 5.32 Å². The standard InChI is InChI=1S/C13H16N4O2/c1-13(2,3)19-12(18)17-11-9(5-4-6-14-11)10-15-7-8-16-10/h4-8H,1-3H3,(H,15,16)(H,14,17,18). The molecule has 100 valence electrons. The van der Waals surface area contributed by atoms with Crippen LogP contribution in [-0.4, -0.2) is 26.6 Å². The molecule has 2 rings (SSSR count). The smallest absolute Gasteiger partial charge is 0.413 e. The highest BCUT2D eigenvalue weighted by atomic mass is 16.6. The van der Waals surface area contributed by atoms with Crippen LogP contribution in [0.1, 0.15) is 20.8 Å². The van der Waals surface area contributed by atoms with Gasteiger partial charge >= 0.3 is 6.09 Å². The summed E-state index contributed by atoms with van der Waals surface area (Å²) in [4.78, 5) is 23.0. The van der Waals surface area contributed by atoms with Crippen molar-refractivity contribution in [3.63, 3.8) is 0 Å². The predicted molar refractivity (Wildman–Crippen MR) is 71.7 cm³/mol. The molecule has 19 heavy (non-hydrogen) atoms. The number of rotatable bonds is 2. The largest absolute Gasteiger partial charge is 0.444 e. The number of ether oxygens (including phenoxy) is 1. The summed E-state index contributed by atoms with van der Waals surface area (Å²) in [7, 11) is 0. The van der Waals surface area contributed by atoms with Gasteiger partial charge in [0.25, 0.3) is 0 Å². The Morgan fingerprint density at radius 1 is 1.32 bits per heavy atom. The molecule has 0 spiro atoms. The highest BCUT2D eigenvalue weighted by Gasteiger charge is 2.18. The molecule has 0 aliphatic carbocycles. The van der Waals surface area contributed by atoms with Crippen molar-refractivity contribution < 1.29 is 9.53 Å². The first-order valence-electron chi connectivity index (χ1n) is 5.90. The topological polar surface area (TPSA) is 79.9 Å². The van der Waals surface area contributed by atoms with Gasteiger partial charge < -0.3 is 9.72 Å². The Morgan fingerprint density at radius 3 is 2.74 bits per heavy atom. The Bertz CT molecular complexity index is 558. The second kappa shape index (κ2) is 5.09. The number of pyridine rings is 1. The van der Waals surface area contributed by atoms with E-state index in [4.69, 9.17) is 4.74 Å². The number of hydrogen-bond donors (Lipinski definition) is 2. The molecule has 0 radical (unpaired) electrons. The molecule has 0 aromatic carbocycles. The summed E-state index contributed by atoms with van der Waals surface area (Å²) in [6, 6.07) is 3.59. The monoisotopic (exact) mass is 260 g/mol. The lowest BCUT2D eigenvalue weighted by Gasteiger charge is -2.19. The average molecular weight is 260 g/mol. The number of H-pyrrole nitrogens is 1. The zero-order valence-corrected chi connectivity index (χ0v) is 11.1. The normalized spacial score (nSPS) is 11.1. The summed E-state index contributed by atoms with van der Waals surface area (Å²) in [5, 5.41) is 2.62. The fraction of sp³-hybridized carbons (Fsp3) is 0.308. The molecular formula is C13H16N4O2. The van der Waals surface area contributed by atoms with Crippen LogP contribution in [0.25, 0.3) is 11.4 Å². The summed E-state index contributed by atoms with van der Waals surface area (Å²) < 4.78 is 5.19. The van der Waals surface area contributed by atoms with Crippen molar-refractivity contribution in [2.45, 2.75) is 26.4 Å². The van der Waals surface area contributed by atoms with Crippen molar-refractivity contribution in [1.82, 2.24) is 15.0 Å². The van der Waals surface area contributed by atoms with E-state index < -0.39 is 11.7 Å². The van der Waals surface area contributed by atoms with Crippen LogP contribution >= 0.6 is 0 Å². The zero-order chi connectivity index (χ0) is 13.9. The number of aromatic amines is 1. The van der Waals surface area contributed by atoms with Crippen LogP contribution in [0.5, 0.6) is 0 Å². The lowest BCUT2D eigenvalue weighted by molar-refractivity contribution is 0.0635. The van der Waals surface area contributed by atoms with Gasteiger partial charge in [0.15, 0.2) is 0 Å². The van der Waals surface area contributed by atoms with E-state index in [2.05, 4.69) is 20.3 Å². The number of imidazole rings is 1. The molecule has 0 saturated heterocycles. The first-order chi connectivity index (χ1) is 8.96. The van der Waals surface area contributed by atoms with Gasteiger partial charge in [-0.2, -0.15) is 0 Å². The Kier molecular flexibility index (Phi) is 3.50. The molecule has 1 amide bonds. The molecule has 0 atom stereocenters. The number of aromatic nitrogens is 3.